The Hall–Kier alpha value is -1.81. The lowest BCUT2D eigenvalue weighted by atomic mass is 9.97. The van der Waals surface area contributed by atoms with E-state index in [2.05, 4.69) is 5.32 Å². The Morgan fingerprint density at radius 2 is 1.47 bits per heavy atom. The molecule has 19 heavy (non-hydrogen) atoms. The molecule has 100 valence electrons. The van der Waals surface area contributed by atoms with Gasteiger partial charge in [-0.2, -0.15) is 0 Å². The van der Waals surface area contributed by atoms with Gasteiger partial charge in [0, 0.05) is 11.6 Å². The van der Waals surface area contributed by atoms with Crippen LogP contribution in [-0.2, 0) is 6.42 Å². The molecular formula is C15H14F3N. The Balaban J connectivity index is 2.34. The second-order valence-electron chi connectivity index (χ2n) is 4.27. The first-order valence-corrected chi connectivity index (χ1v) is 5.98. The highest BCUT2D eigenvalue weighted by Gasteiger charge is 2.20. The highest BCUT2D eigenvalue weighted by molar-refractivity contribution is 5.27. The first-order valence-electron chi connectivity index (χ1n) is 5.98. The van der Waals surface area contributed by atoms with Gasteiger partial charge in [-0.25, -0.2) is 13.2 Å². The Morgan fingerprint density at radius 1 is 0.895 bits per heavy atom. The number of halogens is 3. The summed E-state index contributed by atoms with van der Waals surface area (Å²) in [5.74, 6) is -1.63. The molecule has 1 N–H and O–H groups in total. The minimum Gasteiger partial charge on any atom is -0.313 e. The van der Waals surface area contributed by atoms with E-state index in [0.29, 0.717) is 5.56 Å². The Labute approximate surface area is 110 Å². The normalized spacial score (nSPS) is 12.4. The third-order valence-electron chi connectivity index (χ3n) is 3.08. The molecule has 0 saturated heterocycles. The summed E-state index contributed by atoms with van der Waals surface area (Å²) in [6.45, 7) is 0. The summed E-state index contributed by atoms with van der Waals surface area (Å²) in [4.78, 5) is 0. The summed E-state index contributed by atoms with van der Waals surface area (Å²) in [5, 5.41) is 2.83. The molecule has 1 unspecified atom stereocenters. The summed E-state index contributed by atoms with van der Waals surface area (Å²) < 4.78 is 41.0. The molecule has 0 bridgehead atoms. The van der Waals surface area contributed by atoms with Crippen molar-refractivity contribution in [2.75, 3.05) is 7.05 Å². The van der Waals surface area contributed by atoms with Crippen LogP contribution in [0.1, 0.15) is 17.2 Å². The van der Waals surface area contributed by atoms with Gasteiger partial charge in [-0.15, -0.1) is 0 Å². The lowest BCUT2D eigenvalue weighted by molar-refractivity contribution is 0.482. The zero-order chi connectivity index (χ0) is 13.8. The van der Waals surface area contributed by atoms with Gasteiger partial charge in [0.05, 0.1) is 0 Å². The summed E-state index contributed by atoms with van der Waals surface area (Å²) in [6, 6.07) is 9.31. The highest BCUT2D eigenvalue weighted by atomic mass is 19.1. The smallest absolute Gasteiger partial charge is 0.130 e. The first kappa shape index (κ1) is 13.6. The van der Waals surface area contributed by atoms with E-state index in [4.69, 9.17) is 0 Å². The van der Waals surface area contributed by atoms with Crippen LogP contribution in [0.5, 0.6) is 0 Å². The van der Waals surface area contributed by atoms with Crippen LogP contribution < -0.4 is 5.32 Å². The van der Waals surface area contributed by atoms with E-state index in [1.807, 2.05) is 0 Å². The predicted molar refractivity (Wildman–Crippen MR) is 68.3 cm³/mol. The molecule has 0 aromatic heterocycles. The van der Waals surface area contributed by atoms with Gasteiger partial charge >= 0.3 is 0 Å². The van der Waals surface area contributed by atoms with Crippen molar-refractivity contribution in [2.24, 2.45) is 0 Å². The lowest BCUT2D eigenvalue weighted by Crippen LogP contribution is -2.22. The fraction of sp³-hybridized carbons (Fsp3) is 0.200. The minimum atomic E-state index is -0.629. The maximum atomic E-state index is 13.7. The lowest BCUT2D eigenvalue weighted by Gasteiger charge is -2.18. The number of hydrogen-bond acceptors (Lipinski definition) is 1. The highest BCUT2D eigenvalue weighted by Crippen LogP contribution is 2.24. The molecule has 0 radical (unpaired) electrons. The molecule has 0 heterocycles. The standard InChI is InChI=1S/C15H14F3N/c1-19-14(9-10-5-2-3-6-11(10)16)15-12(17)7-4-8-13(15)18/h2-8,14,19H,9H2,1H3. The van der Waals surface area contributed by atoms with E-state index < -0.39 is 17.7 Å². The van der Waals surface area contributed by atoms with E-state index >= 15 is 0 Å². The molecule has 0 spiro atoms. The number of nitrogens with one attached hydrogen (secondary N) is 1. The minimum absolute atomic E-state index is 0.0618. The average Bonchev–Trinajstić information content (AvgIpc) is 2.39. The van der Waals surface area contributed by atoms with Gasteiger partial charge in [-0.3, -0.25) is 0 Å². The molecule has 0 fully saturated rings. The SMILES string of the molecule is CNC(Cc1ccccc1F)c1c(F)cccc1F. The van der Waals surface area contributed by atoms with Crippen molar-refractivity contribution in [3.05, 3.63) is 71.0 Å². The van der Waals surface area contributed by atoms with Crippen molar-refractivity contribution >= 4 is 0 Å². The van der Waals surface area contributed by atoms with Crippen LogP contribution in [0, 0.1) is 17.5 Å². The van der Waals surface area contributed by atoms with E-state index in [-0.39, 0.29) is 17.8 Å². The number of benzene rings is 2. The molecule has 0 aliphatic rings. The molecule has 0 aliphatic heterocycles. The second kappa shape index (κ2) is 5.89. The summed E-state index contributed by atoms with van der Waals surface area (Å²) in [7, 11) is 1.59. The monoisotopic (exact) mass is 265 g/mol. The van der Waals surface area contributed by atoms with Crippen molar-refractivity contribution in [2.45, 2.75) is 12.5 Å². The molecule has 4 heteroatoms. The molecule has 0 amide bonds. The van der Waals surface area contributed by atoms with Gasteiger partial charge < -0.3 is 5.32 Å². The average molecular weight is 265 g/mol. The first-order chi connectivity index (χ1) is 9.13. The fourth-order valence-electron chi connectivity index (χ4n) is 2.08. The van der Waals surface area contributed by atoms with Crippen molar-refractivity contribution in [3.63, 3.8) is 0 Å². The van der Waals surface area contributed by atoms with Crippen molar-refractivity contribution < 1.29 is 13.2 Å². The van der Waals surface area contributed by atoms with E-state index in [9.17, 15) is 13.2 Å². The van der Waals surface area contributed by atoms with Crippen LogP contribution in [0.2, 0.25) is 0 Å². The fourth-order valence-corrected chi connectivity index (χ4v) is 2.08. The summed E-state index contributed by atoms with van der Waals surface area (Å²) in [6.07, 6.45) is 0.182. The summed E-state index contributed by atoms with van der Waals surface area (Å²) in [5.41, 5.74) is 0.359. The molecule has 2 aromatic rings. The van der Waals surface area contributed by atoms with Crippen LogP contribution in [0.3, 0.4) is 0 Å². The molecule has 2 aromatic carbocycles. The van der Waals surface area contributed by atoms with E-state index in [0.717, 1.165) is 0 Å². The number of likely N-dealkylation sites (N-methyl/N-ethyl adjacent to an activating group) is 1. The molecule has 1 atom stereocenters. The van der Waals surface area contributed by atoms with Crippen molar-refractivity contribution in [1.82, 2.24) is 5.32 Å². The number of rotatable bonds is 4. The van der Waals surface area contributed by atoms with Gasteiger partial charge in [0.2, 0.25) is 0 Å². The molecule has 1 nitrogen and oxygen atoms in total. The topological polar surface area (TPSA) is 12.0 Å². The predicted octanol–water partition coefficient (Wildman–Crippen LogP) is 3.61. The van der Waals surface area contributed by atoms with Crippen molar-refractivity contribution in [3.8, 4) is 0 Å². The van der Waals surface area contributed by atoms with Crippen LogP contribution in [-0.4, -0.2) is 7.05 Å². The maximum absolute atomic E-state index is 13.7. The zero-order valence-electron chi connectivity index (χ0n) is 10.5. The van der Waals surface area contributed by atoms with Crippen LogP contribution >= 0.6 is 0 Å². The number of hydrogen-bond donors (Lipinski definition) is 1. The zero-order valence-corrected chi connectivity index (χ0v) is 10.5. The van der Waals surface area contributed by atoms with Crippen LogP contribution in [0.4, 0.5) is 13.2 Å². The molecular weight excluding hydrogens is 251 g/mol. The largest absolute Gasteiger partial charge is 0.313 e. The Kier molecular flexibility index (Phi) is 4.22. The third-order valence-corrected chi connectivity index (χ3v) is 3.08. The quantitative estimate of drug-likeness (QED) is 0.890. The summed E-state index contributed by atoms with van der Waals surface area (Å²) >= 11 is 0. The second-order valence-corrected chi connectivity index (χ2v) is 4.27. The van der Waals surface area contributed by atoms with Crippen molar-refractivity contribution in [1.29, 1.82) is 0 Å². The van der Waals surface area contributed by atoms with Crippen LogP contribution in [0.15, 0.2) is 42.5 Å². The molecule has 0 saturated carbocycles. The van der Waals surface area contributed by atoms with E-state index in [1.54, 1.807) is 25.2 Å². The Bertz CT molecular complexity index is 549. The Morgan fingerprint density at radius 3 is 2.05 bits per heavy atom. The van der Waals surface area contributed by atoms with Gasteiger partial charge in [0.15, 0.2) is 0 Å². The van der Waals surface area contributed by atoms with Crippen LogP contribution in [0.25, 0.3) is 0 Å². The molecule has 0 aliphatic carbocycles. The van der Waals surface area contributed by atoms with Gasteiger partial charge in [-0.05, 0) is 37.2 Å². The van der Waals surface area contributed by atoms with Gasteiger partial charge in [0.1, 0.15) is 17.5 Å². The molecule has 2 rings (SSSR count). The van der Waals surface area contributed by atoms with Gasteiger partial charge in [0.25, 0.3) is 0 Å². The van der Waals surface area contributed by atoms with Gasteiger partial charge in [-0.1, -0.05) is 24.3 Å². The maximum Gasteiger partial charge on any atom is 0.130 e. The third kappa shape index (κ3) is 2.96. The van der Waals surface area contributed by atoms with E-state index in [1.165, 1.54) is 24.3 Å².